The molecule has 138 valence electrons. The molecule has 1 saturated heterocycles. The molecular formula is C19H16N2O5S. The minimum Gasteiger partial charge on any atom is -0.504 e. The van der Waals surface area contributed by atoms with Gasteiger partial charge in [0.15, 0.2) is 11.5 Å². The van der Waals surface area contributed by atoms with E-state index in [-0.39, 0.29) is 17.2 Å². The second-order valence-corrected chi connectivity index (χ2v) is 6.61. The molecule has 0 atom stereocenters. The maximum Gasteiger partial charge on any atom is 0.294 e. The van der Waals surface area contributed by atoms with Crippen molar-refractivity contribution in [3.05, 3.63) is 59.0 Å². The Kier molecular flexibility index (Phi) is 5.46. The van der Waals surface area contributed by atoms with Crippen molar-refractivity contribution in [1.82, 2.24) is 4.90 Å². The number of imide groups is 1. The fourth-order valence-corrected chi connectivity index (χ4v) is 3.29. The van der Waals surface area contributed by atoms with Gasteiger partial charge < -0.3 is 15.2 Å². The second kappa shape index (κ2) is 7.96. The number of benzene rings is 2. The van der Waals surface area contributed by atoms with Crippen LogP contribution in [0.1, 0.15) is 5.56 Å². The van der Waals surface area contributed by atoms with E-state index in [1.54, 1.807) is 36.4 Å². The van der Waals surface area contributed by atoms with Crippen molar-refractivity contribution in [3.8, 4) is 11.5 Å². The normalized spacial score (nSPS) is 15.3. The molecule has 1 aliphatic rings. The van der Waals surface area contributed by atoms with Gasteiger partial charge in [-0.2, -0.15) is 0 Å². The summed E-state index contributed by atoms with van der Waals surface area (Å²) in [6.07, 6.45) is 1.49. The summed E-state index contributed by atoms with van der Waals surface area (Å²) in [5.74, 6) is -0.791. The minimum atomic E-state index is -0.552. The molecule has 0 spiro atoms. The van der Waals surface area contributed by atoms with E-state index in [4.69, 9.17) is 4.74 Å². The Morgan fingerprint density at radius 1 is 1.22 bits per heavy atom. The topological polar surface area (TPSA) is 95.9 Å². The van der Waals surface area contributed by atoms with Crippen LogP contribution in [-0.2, 0) is 9.59 Å². The van der Waals surface area contributed by atoms with E-state index in [9.17, 15) is 19.5 Å². The van der Waals surface area contributed by atoms with Crippen molar-refractivity contribution in [2.75, 3.05) is 19.0 Å². The van der Waals surface area contributed by atoms with E-state index < -0.39 is 17.1 Å². The Morgan fingerprint density at radius 3 is 2.63 bits per heavy atom. The third-order valence-electron chi connectivity index (χ3n) is 3.73. The highest BCUT2D eigenvalue weighted by Crippen LogP contribution is 2.34. The molecule has 0 aliphatic carbocycles. The Bertz CT molecular complexity index is 927. The lowest BCUT2D eigenvalue weighted by Gasteiger charge is -2.12. The number of hydrogen-bond donors (Lipinski definition) is 2. The number of amides is 3. The van der Waals surface area contributed by atoms with Crippen molar-refractivity contribution < 1.29 is 24.2 Å². The van der Waals surface area contributed by atoms with E-state index in [0.29, 0.717) is 17.0 Å². The first-order valence-electron chi connectivity index (χ1n) is 7.95. The molecule has 3 rings (SSSR count). The van der Waals surface area contributed by atoms with Crippen LogP contribution in [0.25, 0.3) is 6.08 Å². The maximum absolute atomic E-state index is 12.5. The van der Waals surface area contributed by atoms with Gasteiger partial charge in [-0.15, -0.1) is 0 Å². The summed E-state index contributed by atoms with van der Waals surface area (Å²) in [4.78, 5) is 37.8. The van der Waals surface area contributed by atoms with Crippen LogP contribution in [-0.4, -0.2) is 40.7 Å². The van der Waals surface area contributed by atoms with E-state index in [0.717, 1.165) is 16.7 Å². The first kappa shape index (κ1) is 18.5. The third kappa shape index (κ3) is 4.29. The Hall–Kier alpha value is -3.26. The predicted molar refractivity (Wildman–Crippen MR) is 102 cm³/mol. The number of aromatic hydroxyl groups is 1. The molecule has 0 bridgehead atoms. The van der Waals surface area contributed by atoms with E-state index >= 15 is 0 Å². The molecule has 2 aromatic carbocycles. The standard InChI is InChI=1S/C19H16N2O5S/c1-26-15-8-7-12(9-14(15)22)10-16-18(24)21(19(25)27-16)11-17(23)20-13-5-3-2-4-6-13/h2-10,22H,11H2,1H3,(H,20,23)/b16-10+. The van der Waals surface area contributed by atoms with Crippen LogP contribution in [0.4, 0.5) is 10.5 Å². The quantitative estimate of drug-likeness (QED) is 0.769. The van der Waals surface area contributed by atoms with Crippen LogP contribution < -0.4 is 10.1 Å². The smallest absolute Gasteiger partial charge is 0.294 e. The first-order valence-corrected chi connectivity index (χ1v) is 8.77. The number of rotatable bonds is 5. The highest BCUT2D eigenvalue weighted by molar-refractivity contribution is 8.18. The number of nitrogens with zero attached hydrogens (tertiary/aromatic N) is 1. The molecular weight excluding hydrogens is 368 g/mol. The zero-order chi connectivity index (χ0) is 19.4. The molecule has 0 unspecified atom stereocenters. The van der Waals surface area contributed by atoms with Gasteiger partial charge >= 0.3 is 0 Å². The summed E-state index contributed by atoms with van der Waals surface area (Å²) in [5, 5.41) is 11.9. The van der Waals surface area contributed by atoms with Crippen molar-refractivity contribution in [2.24, 2.45) is 0 Å². The number of nitrogens with one attached hydrogen (secondary N) is 1. The number of anilines is 1. The average molecular weight is 384 g/mol. The maximum atomic E-state index is 12.5. The number of ether oxygens (including phenoxy) is 1. The van der Waals surface area contributed by atoms with Gasteiger partial charge in [-0.05, 0) is 47.7 Å². The van der Waals surface area contributed by atoms with Gasteiger partial charge in [0.25, 0.3) is 11.1 Å². The van der Waals surface area contributed by atoms with E-state index in [2.05, 4.69) is 5.32 Å². The second-order valence-electron chi connectivity index (χ2n) is 5.61. The fraction of sp³-hybridized carbons (Fsp3) is 0.105. The molecule has 27 heavy (non-hydrogen) atoms. The molecule has 2 N–H and O–H groups in total. The van der Waals surface area contributed by atoms with E-state index in [1.165, 1.54) is 19.3 Å². The molecule has 0 saturated carbocycles. The number of phenolic OH excluding ortho intramolecular Hbond substituents is 1. The summed E-state index contributed by atoms with van der Waals surface area (Å²) in [6, 6.07) is 13.4. The molecule has 1 aliphatic heterocycles. The molecule has 8 heteroatoms. The monoisotopic (exact) mass is 384 g/mol. The lowest BCUT2D eigenvalue weighted by Crippen LogP contribution is -2.36. The molecule has 1 fully saturated rings. The summed E-state index contributed by atoms with van der Waals surface area (Å²) in [7, 11) is 1.43. The number of carbonyl (C=O) groups excluding carboxylic acids is 3. The van der Waals surface area contributed by atoms with Crippen molar-refractivity contribution in [2.45, 2.75) is 0 Å². The molecule has 2 aromatic rings. The Labute approximate surface area is 159 Å². The van der Waals surface area contributed by atoms with Gasteiger partial charge in [0.2, 0.25) is 5.91 Å². The number of carbonyl (C=O) groups is 3. The highest BCUT2D eigenvalue weighted by atomic mass is 32.2. The zero-order valence-corrected chi connectivity index (χ0v) is 15.2. The summed E-state index contributed by atoms with van der Waals surface area (Å²) in [5.41, 5.74) is 1.12. The Morgan fingerprint density at radius 2 is 1.96 bits per heavy atom. The van der Waals surface area contributed by atoms with Gasteiger partial charge in [-0.3, -0.25) is 19.3 Å². The zero-order valence-electron chi connectivity index (χ0n) is 14.3. The van der Waals surface area contributed by atoms with Crippen molar-refractivity contribution in [1.29, 1.82) is 0 Å². The molecule has 0 aromatic heterocycles. The van der Waals surface area contributed by atoms with Gasteiger partial charge in [0.05, 0.1) is 12.0 Å². The first-order chi connectivity index (χ1) is 13.0. The van der Waals surface area contributed by atoms with Gasteiger partial charge in [0, 0.05) is 5.69 Å². The third-order valence-corrected chi connectivity index (χ3v) is 4.64. The minimum absolute atomic E-state index is 0.0762. The Balaban J connectivity index is 1.71. The molecule has 7 nitrogen and oxygen atoms in total. The van der Waals surface area contributed by atoms with Crippen LogP contribution in [0, 0.1) is 0 Å². The van der Waals surface area contributed by atoms with E-state index in [1.807, 2.05) is 6.07 Å². The number of hydrogen-bond acceptors (Lipinski definition) is 6. The number of methoxy groups -OCH3 is 1. The SMILES string of the molecule is COc1ccc(/C=C2/SC(=O)N(CC(=O)Nc3ccccc3)C2=O)cc1O. The number of thioether (sulfide) groups is 1. The van der Waals surface area contributed by atoms with Crippen molar-refractivity contribution in [3.63, 3.8) is 0 Å². The van der Waals surface area contributed by atoms with Crippen LogP contribution in [0.5, 0.6) is 11.5 Å². The highest BCUT2D eigenvalue weighted by Gasteiger charge is 2.36. The molecule has 0 radical (unpaired) electrons. The van der Waals surface area contributed by atoms with Gasteiger partial charge in [-0.25, -0.2) is 0 Å². The van der Waals surface area contributed by atoms with Crippen LogP contribution in [0.3, 0.4) is 0 Å². The molecule has 1 heterocycles. The average Bonchev–Trinajstić information content (AvgIpc) is 2.90. The van der Waals surface area contributed by atoms with Gasteiger partial charge in [-0.1, -0.05) is 24.3 Å². The number of para-hydroxylation sites is 1. The summed E-state index contributed by atoms with van der Waals surface area (Å²) < 4.78 is 4.97. The number of phenols is 1. The lowest BCUT2D eigenvalue weighted by atomic mass is 10.2. The summed E-state index contributed by atoms with van der Waals surface area (Å²) in [6.45, 7) is -0.370. The largest absolute Gasteiger partial charge is 0.504 e. The van der Waals surface area contributed by atoms with Crippen LogP contribution in [0.2, 0.25) is 0 Å². The lowest BCUT2D eigenvalue weighted by molar-refractivity contribution is -0.127. The predicted octanol–water partition coefficient (Wildman–Crippen LogP) is 3.08. The summed E-state index contributed by atoms with van der Waals surface area (Å²) >= 11 is 0.746. The van der Waals surface area contributed by atoms with Crippen molar-refractivity contribution >= 4 is 40.6 Å². The fourth-order valence-electron chi connectivity index (χ4n) is 2.45. The molecule has 3 amide bonds. The van der Waals surface area contributed by atoms with Gasteiger partial charge in [0.1, 0.15) is 6.54 Å². The van der Waals surface area contributed by atoms with Crippen LogP contribution in [0.15, 0.2) is 53.4 Å². The van der Waals surface area contributed by atoms with Crippen LogP contribution >= 0.6 is 11.8 Å².